The van der Waals surface area contributed by atoms with Crippen molar-refractivity contribution in [2.45, 2.75) is 70.6 Å². The molecule has 236 valence electrons. The van der Waals surface area contributed by atoms with Gasteiger partial charge in [0, 0.05) is 49.9 Å². The number of hydrogen-bond donors (Lipinski definition) is 2. The van der Waals surface area contributed by atoms with Gasteiger partial charge in [-0.15, -0.1) is 11.3 Å². The molecule has 0 radical (unpaired) electrons. The second-order valence-electron chi connectivity index (χ2n) is 11.0. The molecule has 0 spiro atoms. The van der Waals surface area contributed by atoms with E-state index < -0.39 is 42.7 Å². The monoisotopic (exact) mass is 631 g/mol. The lowest BCUT2D eigenvalue weighted by atomic mass is 9.91. The maximum atomic E-state index is 13.9. The second kappa shape index (κ2) is 14.6. The van der Waals surface area contributed by atoms with E-state index in [0.29, 0.717) is 0 Å². The molecule has 3 aromatic rings. The largest absolute Gasteiger partial charge is 0.475 e. The number of hydrogen-bond acceptors (Lipinski definition) is 9. The minimum absolute atomic E-state index is 0.0224. The second-order valence-corrected chi connectivity index (χ2v) is 11.9. The van der Waals surface area contributed by atoms with Gasteiger partial charge in [0.15, 0.2) is 5.76 Å². The number of aromatic nitrogens is 2. The number of benzene rings is 1. The number of halogens is 2. The molecule has 1 fully saturated rings. The van der Waals surface area contributed by atoms with Crippen LogP contribution in [0, 0.1) is 12.8 Å². The highest BCUT2D eigenvalue weighted by molar-refractivity contribution is 7.13. The Labute approximate surface area is 257 Å². The molecule has 2 amide bonds. The third-order valence-electron chi connectivity index (χ3n) is 7.40. The topological polar surface area (TPSA) is 167 Å². The Bertz CT molecular complexity index is 1470. The van der Waals surface area contributed by atoms with Crippen molar-refractivity contribution in [3.05, 3.63) is 63.3 Å². The molecule has 0 aliphatic carbocycles. The van der Waals surface area contributed by atoms with E-state index in [-0.39, 0.29) is 56.1 Å². The molecule has 12 nitrogen and oxygen atoms in total. The van der Waals surface area contributed by atoms with Gasteiger partial charge in [-0.1, -0.05) is 43.2 Å². The third kappa shape index (κ3) is 8.30. The fraction of sp³-hybridized carbons (Fsp3) is 0.517. The first-order chi connectivity index (χ1) is 21.0. The molecule has 1 unspecified atom stereocenters. The summed E-state index contributed by atoms with van der Waals surface area (Å²) >= 11 is 1.56. The van der Waals surface area contributed by atoms with Crippen molar-refractivity contribution in [1.82, 2.24) is 20.4 Å². The summed E-state index contributed by atoms with van der Waals surface area (Å²) in [4.78, 5) is 36.2. The number of carbonyl (C=O) groups is 2. The van der Waals surface area contributed by atoms with Crippen molar-refractivity contribution in [1.29, 1.82) is 0 Å². The van der Waals surface area contributed by atoms with Gasteiger partial charge in [-0.05, 0) is 34.7 Å². The van der Waals surface area contributed by atoms with Crippen LogP contribution >= 0.6 is 11.3 Å². The zero-order valence-corrected chi connectivity index (χ0v) is 25.5. The van der Waals surface area contributed by atoms with Gasteiger partial charge in [0.25, 0.3) is 11.8 Å². The van der Waals surface area contributed by atoms with E-state index in [0.717, 1.165) is 21.7 Å². The number of ether oxygens (including phenoxy) is 1. The number of alkyl halides is 2. The maximum Gasteiger partial charge on any atom is 0.254 e. The lowest BCUT2D eigenvalue weighted by Crippen LogP contribution is -2.48. The average molecular weight is 632 g/mol. The molecule has 44 heavy (non-hydrogen) atoms. The smallest absolute Gasteiger partial charge is 0.254 e. The summed E-state index contributed by atoms with van der Waals surface area (Å²) in [7, 11) is 0. The third-order valence-corrected chi connectivity index (χ3v) is 8.38. The number of amides is 2. The summed E-state index contributed by atoms with van der Waals surface area (Å²) < 4.78 is 38.5. The van der Waals surface area contributed by atoms with Crippen molar-refractivity contribution in [3.63, 3.8) is 0 Å². The number of thiazole rings is 1. The van der Waals surface area contributed by atoms with Crippen LogP contribution in [0.5, 0.6) is 5.88 Å². The Hall–Kier alpha value is -4.07. The van der Waals surface area contributed by atoms with Crippen molar-refractivity contribution >= 4 is 23.2 Å². The molecule has 0 bridgehead atoms. The predicted octanol–water partition coefficient (Wildman–Crippen LogP) is 5.23. The van der Waals surface area contributed by atoms with Gasteiger partial charge in [0.1, 0.15) is 12.0 Å². The van der Waals surface area contributed by atoms with Crippen LogP contribution in [0.25, 0.3) is 20.9 Å². The quantitative estimate of drug-likeness (QED) is 0.140. The van der Waals surface area contributed by atoms with E-state index in [1.807, 2.05) is 31.2 Å². The molecule has 1 saturated heterocycles. The molecule has 0 saturated carbocycles. The summed E-state index contributed by atoms with van der Waals surface area (Å²) in [6, 6.07) is 8.27. The highest BCUT2D eigenvalue weighted by atomic mass is 32.1. The van der Waals surface area contributed by atoms with E-state index >= 15 is 0 Å². The molecule has 2 N–H and O–H groups in total. The Morgan fingerprint density at radius 1 is 1.32 bits per heavy atom. The number of likely N-dealkylation sites (tertiary alicyclic amines) is 1. The van der Waals surface area contributed by atoms with E-state index in [9.17, 15) is 23.5 Å². The van der Waals surface area contributed by atoms with E-state index in [1.54, 1.807) is 30.7 Å². The molecular weight excluding hydrogens is 596 g/mol. The lowest BCUT2D eigenvalue weighted by molar-refractivity contribution is -0.141. The number of azide groups is 1. The van der Waals surface area contributed by atoms with Crippen LogP contribution in [0.3, 0.4) is 0 Å². The first-order valence-electron chi connectivity index (χ1n) is 14.2. The summed E-state index contributed by atoms with van der Waals surface area (Å²) in [5.41, 5.74) is 12.9. The van der Waals surface area contributed by atoms with Crippen LogP contribution in [0.2, 0.25) is 0 Å². The highest BCUT2D eigenvalue weighted by Gasteiger charge is 2.43. The van der Waals surface area contributed by atoms with Crippen LogP contribution in [-0.2, 0) is 16.1 Å². The molecular formula is C29H35F2N7O5S. The van der Waals surface area contributed by atoms with Crippen LogP contribution < -0.4 is 10.1 Å². The molecule has 15 heteroatoms. The summed E-state index contributed by atoms with van der Waals surface area (Å²) in [5.74, 6) is -4.93. The number of aliphatic hydroxyl groups excluding tert-OH is 1. The van der Waals surface area contributed by atoms with E-state index in [2.05, 4.69) is 25.5 Å². The van der Waals surface area contributed by atoms with E-state index in [1.165, 1.54) is 11.0 Å². The first kappa shape index (κ1) is 32.8. The molecule has 1 aliphatic rings. The minimum Gasteiger partial charge on any atom is -0.475 e. The van der Waals surface area contributed by atoms with Gasteiger partial charge >= 0.3 is 0 Å². The summed E-state index contributed by atoms with van der Waals surface area (Å²) in [5, 5.41) is 20.2. The normalized spacial score (nSPS) is 17.4. The standard InChI is InChI=1S/C29H35F2N7O5S/c1-17(2)25(23-13-24(36-43-23)42-11-9-29(30,31)8-10-35-37-32)28(41)38-15-21(39)12-22(38)27(40)33-14-19-4-6-20(7-5-19)26-18(3)34-16-44-26/h4-7,13,16-17,21-22,25,39H,8-12,14-15H2,1-3H3,(H,33,40)/t21-,22+,25?/m1/s1. The molecule has 1 aliphatic heterocycles. The van der Waals surface area contributed by atoms with Crippen LogP contribution in [0.4, 0.5) is 8.78 Å². The Morgan fingerprint density at radius 2 is 2.07 bits per heavy atom. The lowest BCUT2D eigenvalue weighted by Gasteiger charge is -2.28. The first-order valence-corrected chi connectivity index (χ1v) is 15.1. The Kier molecular flexibility index (Phi) is 10.9. The number of carbonyl (C=O) groups excluding carboxylic acids is 2. The van der Waals surface area contributed by atoms with Crippen molar-refractivity contribution < 1.29 is 32.7 Å². The zero-order valence-electron chi connectivity index (χ0n) is 24.7. The van der Waals surface area contributed by atoms with Gasteiger partial charge in [-0.2, -0.15) is 0 Å². The highest BCUT2D eigenvalue weighted by Crippen LogP contribution is 2.33. The fourth-order valence-electron chi connectivity index (χ4n) is 5.05. The zero-order chi connectivity index (χ0) is 31.9. The number of nitrogens with zero attached hydrogens (tertiary/aromatic N) is 6. The van der Waals surface area contributed by atoms with Crippen molar-refractivity contribution in [2.75, 3.05) is 19.7 Å². The predicted molar refractivity (Wildman–Crippen MR) is 158 cm³/mol. The van der Waals surface area contributed by atoms with Crippen LogP contribution in [-0.4, -0.2) is 69.7 Å². The molecule has 3 heterocycles. The van der Waals surface area contributed by atoms with Gasteiger partial charge in [-0.3, -0.25) is 9.59 Å². The maximum absolute atomic E-state index is 13.9. The number of nitrogens with one attached hydrogen (secondary N) is 1. The van der Waals surface area contributed by atoms with Gasteiger partial charge < -0.3 is 24.6 Å². The number of rotatable bonds is 14. The van der Waals surface area contributed by atoms with Crippen molar-refractivity contribution in [2.24, 2.45) is 11.0 Å². The summed E-state index contributed by atoms with van der Waals surface area (Å²) in [6.45, 7) is 5.07. The van der Waals surface area contributed by atoms with Gasteiger partial charge in [-0.25, -0.2) is 13.8 Å². The number of aryl methyl sites for hydroxylation is 1. The van der Waals surface area contributed by atoms with E-state index in [4.69, 9.17) is 14.8 Å². The minimum atomic E-state index is -3.09. The number of β-amino-alcohol motifs (C(OH)–C–C–N with tert-alkyl or cyclic N) is 1. The fourth-order valence-corrected chi connectivity index (χ4v) is 5.87. The molecule has 2 aromatic heterocycles. The van der Waals surface area contributed by atoms with Crippen molar-refractivity contribution in [3.8, 4) is 16.3 Å². The molecule has 4 rings (SSSR count). The Balaban J connectivity index is 1.37. The van der Waals surface area contributed by atoms with Crippen LogP contribution in [0.15, 0.2) is 45.5 Å². The molecule has 3 atom stereocenters. The average Bonchev–Trinajstić information content (AvgIpc) is 3.72. The van der Waals surface area contributed by atoms with Crippen LogP contribution in [0.1, 0.15) is 56.0 Å². The van der Waals surface area contributed by atoms with Gasteiger partial charge in [0.05, 0.1) is 28.8 Å². The Morgan fingerprint density at radius 3 is 2.73 bits per heavy atom. The number of aliphatic hydroxyl groups is 1. The summed E-state index contributed by atoms with van der Waals surface area (Å²) in [6.07, 6.45) is -2.02. The molecule has 1 aromatic carbocycles. The van der Waals surface area contributed by atoms with Gasteiger partial charge in [0.2, 0.25) is 11.8 Å². The SMILES string of the molecule is Cc1ncsc1-c1ccc(CNC(=O)[C@@H]2C[C@@H](O)CN2C(=O)C(c2cc(OCCC(F)(F)CCN=[N+]=[N-])no2)C(C)C)cc1.